The largest absolute Gasteiger partial charge is 0.343 e. The fraction of sp³-hybridized carbons (Fsp3) is 0.533. The van der Waals surface area contributed by atoms with Crippen LogP contribution in [0.25, 0.3) is 0 Å². The van der Waals surface area contributed by atoms with Crippen molar-refractivity contribution in [2.75, 3.05) is 20.1 Å². The lowest BCUT2D eigenvalue weighted by Crippen LogP contribution is -2.44. The summed E-state index contributed by atoms with van der Waals surface area (Å²) < 4.78 is 0. The third kappa shape index (κ3) is 4.26. The summed E-state index contributed by atoms with van der Waals surface area (Å²) in [4.78, 5) is 24.4. The molecule has 0 aliphatic carbocycles. The van der Waals surface area contributed by atoms with Gasteiger partial charge in [0.15, 0.2) is 0 Å². The van der Waals surface area contributed by atoms with Gasteiger partial charge in [0.1, 0.15) is 0 Å². The topological polar surface area (TPSA) is 75.5 Å². The number of carbonyl (C=O) groups excluding carboxylic acids is 1. The van der Waals surface area contributed by atoms with Crippen LogP contribution in [0.15, 0.2) is 24.3 Å². The summed E-state index contributed by atoms with van der Waals surface area (Å²) in [7, 11) is 1.85. The van der Waals surface area contributed by atoms with Gasteiger partial charge in [-0.25, -0.2) is 0 Å². The highest BCUT2D eigenvalue weighted by molar-refractivity contribution is 5.76. The molecule has 0 aromatic heterocycles. The molecule has 0 spiro atoms. The van der Waals surface area contributed by atoms with E-state index in [1.54, 1.807) is 6.07 Å². The predicted molar refractivity (Wildman–Crippen MR) is 80.1 cm³/mol. The number of hydrogen-bond donors (Lipinski definition) is 1. The minimum absolute atomic E-state index is 0.0756. The van der Waals surface area contributed by atoms with Crippen molar-refractivity contribution < 1.29 is 9.72 Å². The summed E-state index contributed by atoms with van der Waals surface area (Å²) in [5, 5.41) is 14.0. The molecule has 1 fully saturated rings. The average molecular weight is 291 g/mol. The zero-order valence-corrected chi connectivity index (χ0v) is 12.2. The number of rotatable bonds is 5. The van der Waals surface area contributed by atoms with Gasteiger partial charge in [0, 0.05) is 31.6 Å². The zero-order chi connectivity index (χ0) is 15.2. The number of piperidine rings is 1. The Morgan fingerprint density at radius 1 is 1.43 bits per heavy atom. The Kier molecular flexibility index (Phi) is 5.27. The summed E-state index contributed by atoms with van der Waals surface area (Å²) in [5.41, 5.74) is 0.905. The van der Waals surface area contributed by atoms with Crippen molar-refractivity contribution in [2.45, 2.75) is 31.7 Å². The number of hydrogen-bond acceptors (Lipinski definition) is 4. The molecule has 6 heteroatoms. The second-order valence-electron chi connectivity index (χ2n) is 5.41. The van der Waals surface area contributed by atoms with Crippen LogP contribution in [0.5, 0.6) is 0 Å². The summed E-state index contributed by atoms with van der Waals surface area (Å²) in [6.07, 6.45) is 2.90. The molecular weight excluding hydrogens is 270 g/mol. The van der Waals surface area contributed by atoms with E-state index < -0.39 is 4.92 Å². The first kappa shape index (κ1) is 15.4. The molecule has 0 radical (unpaired) electrons. The summed E-state index contributed by atoms with van der Waals surface area (Å²) in [6, 6.07) is 6.80. The Morgan fingerprint density at radius 3 is 2.81 bits per heavy atom. The van der Waals surface area contributed by atoms with Crippen LogP contribution in [0, 0.1) is 10.1 Å². The maximum atomic E-state index is 12.2. The van der Waals surface area contributed by atoms with Crippen LogP contribution in [0.1, 0.15) is 24.8 Å². The van der Waals surface area contributed by atoms with E-state index in [4.69, 9.17) is 0 Å². The van der Waals surface area contributed by atoms with Crippen molar-refractivity contribution in [1.82, 2.24) is 10.2 Å². The van der Waals surface area contributed by atoms with Gasteiger partial charge >= 0.3 is 0 Å². The number of benzene rings is 1. The van der Waals surface area contributed by atoms with Crippen molar-refractivity contribution in [3.63, 3.8) is 0 Å². The Balaban J connectivity index is 1.88. The Bertz CT molecular complexity index is 513. The van der Waals surface area contributed by atoms with Gasteiger partial charge in [-0.15, -0.1) is 0 Å². The van der Waals surface area contributed by atoms with Gasteiger partial charge < -0.3 is 10.2 Å². The van der Waals surface area contributed by atoms with E-state index >= 15 is 0 Å². The molecule has 1 heterocycles. The average Bonchev–Trinajstić information content (AvgIpc) is 2.53. The number of nitro groups is 1. The quantitative estimate of drug-likeness (QED) is 0.662. The monoisotopic (exact) mass is 291 g/mol. The Morgan fingerprint density at radius 2 is 2.14 bits per heavy atom. The molecule has 0 bridgehead atoms. The highest BCUT2D eigenvalue weighted by atomic mass is 16.6. The van der Waals surface area contributed by atoms with Gasteiger partial charge in [0.05, 0.1) is 4.92 Å². The second-order valence-corrected chi connectivity index (χ2v) is 5.41. The van der Waals surface area contributed by atoms with Crippen LogP contribution in [-0.4, -0.2) is 41.9 Å². The van der Waals surface area contributed by atoms with E-state index in [1.165, 1.54) is 12.1 Å². The van der Waals surface area contributed by atoms with Crippen LogP contribution >= 0.6 is 0 Å². The molecule has 114 valence electrons. The molecule has 1 aliphatic rings. The first-order valence-corrected chi connectivity index (χ1v) is 7.27. The molecule has 0 atom stereocenters. The summed E-state index contributed by atoms with van der Waals surface area (Å²) in [5.74, 6) is 0.105. The Labute approximate surface area is 124 Å². The van der Waals surface area contributed by atoms with E-state index in [0.717, 1.165) is 31.5 Å². The number of nitrogens with one attached hydrogen (secondary N) is 1. The lowest BCUT2D eigenvalue weighted by molar-refractivity contribution is -0.384. The van der Waals surface area contributed by atoms with Crippen molar-refractivity contribution in [2.24, 2.45) is 0 Å². The van der Waals surface area contributed by atoms with E-state index in [9.17, 15) is 14.9 Å². The second kappa shape index (κ2) is 7.17. The number of carbonyl (C=O) groups is 1. The molecule has 1 aliphatic heterocycles. The minimum Gasteiger partial charge on any atom is -0.343 e. The smallest absolute Gasteiger partial charge is 0.269 e. The first-order chi connectivity index (χ1) is 10.1. The van der Waals surface area contributed by atoms with E-state index in [-0.39, 0.29) is 11.6 Å². The van der Waals surface area contributed by atoms with Gasteiger partial charge in [0.25, 0.3) is 5.69 Å². The van der Waals surface area contributed by atoms with Crippen LogP contribution in [0.4, 0.5) is 5.69 Å². The summed E-state index contributed by atoms with van der Waals surface area (Å²) >= 11 is 0. The molecule has 1 aromatic rings. The van der Waals surface area contributed by atoms with Gasteiger partial charge in [-0.05, 0) is 37.9 Å². The molecule has 6 nitrogen and oxygen atoms in total. The zero-order valence-electron chi connectivity index (χ0n) is 12.2. The van der Waals surface area contributed by atoms with E-state index in [2.05, 4.69) is 5.32 Å². The predicted octanol–water partition coefficient (Wildman–Crippen LogP) is 1.74. The van der Waals surface area contributed by atoms with Crippen molar-refractivity contribution >= 4 is 11.6 Å². The fourth-order valence-electron chi connectivity index (χ4n) is 2.65. The van der Waals surface area contributed by atoms with Crippen LogP contribution in [0.2, 0.25) is 0 Å². The molecule has 1 N–H and O–H groups in total. The standard InChI is InChI=1S/C15H21N3O3/c1-17(13-7-9-16-10-8-13)15(19)6-5-12-3-2-4-14(11-12)18(20)21/h2-4,11,13,16H,5-10H2,1H3. The van der Waals surface area contributed by atoms with Gasteiger partial charge in [-0.2, -0.15) is 0 Å². The maximum absolute atomic E-state index is 12.2. The van der Waals surface area contributed by atoms with Crippen LogP contribution in [0.3, 0.4) is 0 Å². The number of non-ortho nitro benzene ring substituents is 1. The van der Waals surface area contributed by atoms with Gasteiger partial charge in [-0.3, -0.25) is 14.9 Å². The van der Waals surface area contributed by atoms with E-state index in [1.807, 2.05) is 18.0 Å². The van der Waals surface area contributed by atoms with E-state index in [0.29, 0.717) is 18.9 Å². The van der Waals surface area contributed by atoms with Crippen molar-refractivity contribution in [3.05, 3.63) is 39.9 Å². The van der Waals surface area contributed by atoms with Crippen molar-refractivity contribution in [3.8, 4) is 0 Å². The molecule has 2 rings (SSSR count). The lowest BCUT2D eigenvalue weighted by Gasteiger charge is -2.31. The number of amides is 1. The normalized spacial score (nSPS) is 15.7. The number of nitro benzene ring substituents is 1. The number of nitrogens with zero attached hydrogens (tertiary/aromatic N) is 2. The molecule has 1 saturated heterocycles. The number of aryl methyl sites for hydroxylation is 1. The SMILES string of the molecule is CN(C(=O)CCc1cccc([N+](=O)[O-])c1)C1CCNCC1. The first-order valence-electron chi connectivity index (χ1n) is 7.27. The van der Waals surface area contributed by atoms with Crippen LogP contribution < -0.4 is 5.32 Å². The Hall–Kier alpha value is -1.95. The van der Waals surface area contributed by atoms with Gasteiger partial charge in [0.2, 0.25) is 5.91 Å². The molecule has 1 amide bonds. The maximum Gasteiger partial charge on any atom is 0.269 e. The molecule has 0 saturated carbocycles. The van der Waals surface area contributed by atoms with Crippen molar-refractivity contribution in [1.29, 1.82) is 0 Å². The lowest BCUT2D eigenvalue weighted by atomic mass is 10.0. The fourth-order valence-corrected chi connectivity index (χ4v) is 2.65. The molecule has 1 aromatic carbocycles. The molecular formula is C15H21N3O3. The third-order valence-electron chi connectivity index (χ3n) is 4.00. The third-order valence-corrected chi connectivity index (χ3v) is 4.00. The summed E-state index contributed by atoms with van der Waals surface area (Å²) in [6.45, 7) is 1.90. The molecule has 21 heavy (non-hydrogen) atoms. The highest BCUT2D eigenvalue weighted by Gasteiger charge is 2.21. The molecule has 0 unspecified atom stereocenters. The van der Waals surface area contributed by atoms with Gasteiger partial charge in [-0.1, -0.05) is 12.1 Å². The van der Waals surface area contributed by atoms with Crippen LogP contribution in [-0.2, 0) is 11.2 Å². The highest BCUT2D eigenvalue weighted by Crippen LogP contribution is 2.16. The minimum atomic E-state index is -0.410.